The topological polar surface area (TPSA) is 61.8 Å². The van der Waals surface area contributed by atoms with E-state index in [0.29, 0.717) is 6.54 Å². The molecule has 0 aliphatic rings. The standard InChI is InChI=1S/C16H26N2O3/c1-5-18(6-2)12-11-17-16(3,15(20)21-4)13-7-9-14(19)10-8-13/h7-10,17,19H,5-6,11-12H2,1-4H3. The van der Waals surface area contributed by atoms with Crippen LogP contribution in [0.1, 0.15) is 26.3 Å². The van der Waals surface area contributed by atoms with E-state index in [4.69, 9.17) is 4.74 Å². The number of carbonyl (C=O) groups is 1. The summed E-state index contributed by atoms with van der Waals surface area (Å²) in [4.78, 5) is 14.5. The molecule has 0 spiro atoms. The Bertz CT molecular complexity index is 443. The van der Waals surface area contributed by atoms with Crippen molar-refractivity contribution in [2.75, 3.05) is 33.3 Å². The first kappa shape index (κ1) is 17.5. The number of benzene rings is 1. The van der Waals surface area contributed by atoms with Gasteiger partial charge in [0.2, 0.25) is 0 Å². The summed E-state index contributed by atoms with van der Waals surface area (Å²) in [7, 11) is 1.38. The molecule has 0 aliphatic carbocycles. The van der Waals surface area contributed by atoms with Crippen molar-refractivity contribution in [3.63, 3.8) is 0 Å². The third-order valence-corrected chi connectivity index (χ3v) is 3.84. The van der Waals surface area contributed by atoms with Crippen molar-refractivity contribution < 1.29 is 14.6 Å². The van der Waals surface area contributed by atoms with Gasteiger partial charge in [0.15, 0.2) is 0 Å². The Hall–Kier alpha value is -1.59. The van der Waals surface area contributed by atoms with Gasteiger partial charge in [-0.15, -0.1) is 0 Å². The average Bonchev–Trinajstić information content (AvgIpc) is 2.51. The molecular weight excluding hydrogens is 268 g/mol. The van der Waals surface area contributed by atoms with Crippen molar-refractivity contribution in [3.8, 4) is 5.75 Å². The molecule has 0 bridgehead atoms. The minimum Gasteiger partial charge on any atom is -0.508 e. The summed E-state index contributed by atoms with van der Waals surface area (Å²) in [6.07, 6.45) is 0. The van der Waals surface area contributed by atoms with Crippen molar-refractivity contribution in [3.05, 3.63) is 29.8 Å². The maximum Gasteiger partial charge on any atom is 0.330 e. The lowest BCUT2D eigenvalue weighted by Crippen LogP contribution is -2.49. The number of hydrogen-bond donors (Lipinski definition) is 2. The number of esters is 1. The van der Waals surface area contributed by atoms with E-state index in [1.165, 1.54) is 7.11 Å². The summed E-state index contributed by atoms with van der Waals surface area (Å²) in [5.41, 5.74) is -0.151. The van der Waals surface area contributed by atoms with Gasteiger partial charge in [0.25, 0.3) is 0 Å². The first-order chi connectivity index (χ1) is 9.97. The zero-order valence-electron chi connectivity index (χ0n) is 13.3. The van der Waals surface area contributed by atoms with E-state index < -0.39 is 5.54 Å². The number of rotatable bonds is 8. The SMILES string of the molecule is CCN(CC)CCNC(C)(C(=O)OC)c1ccc(O)cc1. The van der Waals surface area contributed by atoms with Gasteiger partial charge in [-0.05, 0) is 37.7 Å². The molecule has 1 aromatic carbocycles. The van der Waals surface area contributed by atoms with Crippen LogP contribution in [0.5, 0.6) is 5.75 Å². The molecule has 2 N–H and O–H groups in total. The monoisotopic (exact) mass is 294 g/mol. The summed E-state index contributed by atoms with van der Waals surface area (Å²) >= 11 is 0. The highest BCUT2D eigenvalue weighted by Gasteiger charge is 2.35. The van der Waals surface area contributed by atoms with E-state index in [2.05, 4.69) is 24.1 Å². The fraction of sp³-hybridized carbons (Fsp3) is 0.562. The van der Waals surface area contributed by atoms with Gasteiger partial charge in [-0.1, -0.05) is 26.0 Å². The third kappa shape index (κ3) is 4.44. The zero-order chi connectivity index (χ0) is 15.9. The Morgan fingerprint density at radius 2 is 1.86 bits per heavy atom. The molecule has 1 rings (SSSR count). The predicted octanol–water partition coefficient (Wildman–Crippen LogP) is 1.71. The molecule has 21 heavy (non-hydrogen) atoms. The summed E-state index contributed by atoms with van der Waals surface area (Å²) in [6.45, 7) is 9.52. The number of phenols is 1. The largest absolute Gasteiger partial charge is 0.508 e. The van der Waals surface area contributed by atoms with Crippen LogP contribution in [0.4, 0.5) is 0 Å². The second-order valence-corrected chi connectivity index (χ2v) is 5.12. The van der Waals surface area contributed by atoms with Gasteiger partial charge in [0.1, 0.15) is 11.3 Å². The molecule has 0 aliphatic heterocycles. The molecule has 1 unspecified atom stereocenters. The molecule has 5 heteroatoms. The molecule has 1 aromatic rings. The number of carbonyl (C=O) groups excluding carboxylic acids is 1. The first-order valence-corrected chi connectivity index (χ1v) is 7.33. The number of hydrogen-bond acceptors (Lipinski definition) is 5. The second kappa shape index (κ2) is 8.00. The van der Waals surface area contributed by atoms with E-state index in [9.17, 15) is 9.90 Å². The van der Waals surface area contributed by atoms with Crippen molar-refractivity contribution in [2.24, 2.45) is 0 Å². The van der Waals surface area contributed by atoms with Crippen LogP contribution in [0, 0.1) is 0 Å². The lowest BCUT2D eigenvalue weighted by Gasteiger charge is -2.30. The minimum atomic E-state index is -0.921. The van der Waals surface area contributed by atoms with Crippen LogP contribution in [-0.2, 0) is 15.1 Å². The highest BCUT2D eigenvalue weighted by molar-refractivity contribution is 5.82. The van der Waals surface area contributed by atoms with Crippen LogP contribution in [0.25, 0.3) is 0 Å². The molecule has 0 fully saturated rings. The Kier molecular flexibility index (Phi) is 6.65. The maximum absolute atomic E-state index is 12.2. The normalized spacial score (nSPS) is 14.0. The lowest BCUT2D eigenvalue weighted by atomic mass is 9.92. The third-order valence-electron chi connectivity index (χ3n) is 3.84. The fourth-order valence-corrected chi connectivity index (χ4v) is 2.29. The van der Waals surface area contributed by atoms with Gasteiger partial charge in [-0.3, -0.25) is 5.32 Å². The molecule has 0 heterocycles. The van der Waals surface area contributed by atoms with Gasteiger partial charge in [0.05, 0.1) is 7.11 Å². The Balaban J connectivity index is 2.84. The molecular formula is C16H26N2O3. The Morgan fingerprint density at radius 1 is 1.29 bits per heavy atom. The highest BCUT2D eigenvalue weighted by atomic mass is 16.5. The van der Waals surface area contributed by atoms with Crippen molar-refractivity contribution in [1.29, 1.82) is 0 Å². The quantitative estimate of drug-likeness (QED) is 0.715. The van der Waals surface area contributed by atoms with Gasteiger partial charge < -0.3 is 14.7 Å². The average molecular weight is 294 g/mol. The van der Waals surface area contributed by atoms with E-state index in [-0.39, 0.29) is 11.7 Å². The van der Waals surface area contributed by atoms with E-state index in [1.54, 1.807) is 31.2 Å². The van der Waals surface area contributed by atoms with Gasteiger partial charge in [-0.2, -0.15) is 0 Å². The van der Waals surface area contributed by atoms with Crippen molar-refractivity contribution >= 4 is 5.97 Å². The first-order valence-electron chi connectivity index (χ1n) is 7.33. The predicted molar refractivity (Wildman–Crippen MR) is 83.3 cm³/mol. The number of methoxy groups -OCH3 is 1. The smallest absolute Gasteiger partial charge is 0.330 e. The lowest BCUT2D eigenvalue weighted by molar-refractivity contribution is -0.148. The molecule has 0 radical (unpaired) electrons. The van der Waals surface area contributed by atoms with Crippen LogP contribution in [-0.4, -0.2) is 49.3 Å². The number of nitrogens with one attached hydrogen (secondary N) is 1. The summed E-state index contributed by atoms with van der Waals surface area (Å²) in [5.74, 6) is -0.165. The van der Waals surface area contributed by atoms with Crippen LogP contribution >= 0.6 is 0 Å². The van der Waals surface area contributed by atoms with Crippen molar-refractivity contribution in [2.45, 2.75) is 26.3 Å². The minimum absolute atomic E-state index is 0.175. The Labute approximate surface area is 126 Å². The van der Waals surface area contributed by atoms with E-state index >= 15 is 0 Å². The molecule has 0 aromatic heterocycles. The molecule has 0 saturated carbocycles. The molecule has 0 saturated heterocycles. The fourth-order valence-electron chi connectivity index (χ4n) is 2.29. The number of ether oxygens (including phenoxy) is 1. The number of aromatic hydroxyl groups is 1. The molecule has 118 valence electrons. The highest BCUT2D eigenvalue weighted by Crippen LogP contribution is 2.24. The molecule has 0 amide bonds. The van der Waals surface area contributed by atoms with Crippen molar-refractivity contribution in [1.82, 2.24) is 10.2 Å². The van der Waals surface area contributed by atoms with Gasteiger partial charge >= 0.3 is 5.97 Å². The Morgan fingerprint density at radius 3 is 2.33 bits per heavy atom. The summed E-state index contributed by atoms with van der Waals surface area (Å²) in [6, 6.07) is 6.61. The number of likely N-dealkylation sites (N-methyl/N-ethyl adjacent to an activating group) is 1. The van der Waals surface area contributed by atoms with Crippen LogP contribution in [0.15, 0.2) is 24.3 Å². The summed E-state index contributed by atoms with van der Waals surface area (Å²) < 4.78 is 4.93. The van der Waals surface area contributed by atoms with E-state index in [1.807, 2.05) is 0 Å². The van der Waals surface area contributed by atoms with E-state index in [0.717, 1.165) is 25.2 Å². The van der Waals surface area contributed by atoms with Gasteiger partial charge in [0, 0.05) is 13.1 Å². The second-order valence-electron chi connectivity index (χ2n) is 5.12. The maximum atomic E-state index is 12.2. The zero-order valence-corrected chi connectivity index (χ0v) is 13.3. The van der Waals surface area contributed by atoms with Gasteiger partial charge in [-0.25, -0.2) is 4.79 Å². The number of nitrogens with zero attached hydrogens (tertiary/aromatic N) is 1. The molecule has 5 nitrogen and oxygen atoms in total. The van der Waals surface area contributed by atoms with Crippen LogP contribution < -0.4 is 5.32 Å². The molecule has 1 atom stereocenters. The summed E-state index contributed by atoms with van der Waals surface area (Å²) in [5, 5.41) is 12.7. The van der Waals surface area contributed by atoms with Crippen LogP contribution in [0.3, 0.4) is 0 Å². The number of phenolic OH excluding ortho intramolecular Hbond substituents is 1. The van der Waals surface area contributed by atoms with Crippen LogP contribution in [0.2, 0.25) is 0 Å².